The summed E-state index contributed by atoms with van der Waals surface area (Å²) >= 11 is 0. The van der Waals surface area contributed by atoms with Gasteiger partial charge in [-0.3, -0.25) is 4.57 Å². The zero-order chi connectivity index (χ0) is 15.6. The molecule has 0 spiro atoms. The fourth-order valence-corrected chi connectivity index (χ4v) is 3.08. The molecule has 22 heavy (non-hydrogen) atoms. The van der Waals surface area contributed by atoms with E-state index >= 15 is 0 Å². The topological polar surface area (TPSA) is 37.3 Å². The van der Waals surface area contributed by atoms with Crippen molar-refractivity contribution in [2.45, 2.75) is 96.8 Å². The van der Waals surface area contributed by atoms with Crippen LogP contribution in [0.4, 0.5) is 0 Å². The molecule has 0 amide bonds. The largest absolute Gasteiger partial charge is 0.346 e. The molecule has 0 aromatic carbocycles. The number of hydrogen-bond acceptors (Lipinski definition) is 1. The Bertz CT molecular complexity index is 257. The summed E-state index contributed by atoms with van der Waals surface area (Å²) < 4.78 is 10.5. The Morgan fingerprint density at radius 2 is 1.14 bits per heavy atom. The Morgan fingerprint density at radius 3 is 1.59 bits per heavy atom. The van der Waals surface area contributed by atoms with Crippen molar-refractivity contribution in [2.24, 2.45) is 0 Å². The van der Waals surface area contributed by atoms with E-state index in [1.807, 2.05) is 0 Å². The van der Waals surface area contributed by atoms with E-state index in [-0.39, 0.29) is 16.8 Å². The predicted octanol–water partition coefficient (Wildman–Crippen LogP) is 6.49. The monoisotopic (exact) mass is 375 g/mol. The van der Waals surface area contributed by atoms with E-state index in [4.69, 9.17) is 4.89 Å². The zero-order valence-corrected chi connectivity index (χ0v) is 16.5. The summed E-state index contributed by atoms with van der Waals surface area (Å²) in [4.78, 5) is 8.71. The molecular formula is C18H37CoO2P. The first-order chi connectivity index (χ1) is 10.3. The Kier molecular flexibility index (Phi) is 24.1. The first-order valence-electron chi connectivity index (χ1n) is 9.14. The van der Waals surface area contributed by atoms with E-state index in [0.717, 1.165) is 12.8 Å². The molecule has 0 rings (SSSR count). The number of unbranched alkanes of at least 4 members (excludes halogenated alkanes) is 12. The van der Waals surface area contributed by atoms with Crippen LogP contribution in [0.3, 0.4) is 0 Å². The second-order valence-electron chi connectivity index (χ2n) is 6.08. The molecule has 2 nitrogen and oxygen atoms in total. The molecule has 1 N–H and O–H groups in total. The average Bonchev–Trinajstić information content (AvgIpc) is 2.46. The molecule has 0 saturated carbocycles. The van der Waals surface area contributed by atoms with Crippen LogP contribution in [0.1, 0.15) is 96.8 Å². The quantitative estimate of drug-likeness (QED) is 0.190. The van der Waals surface area contributed by atoms with Crippen LogP contribution < -0.4 is 0 Å². The summed E-state index contributed by atoms with van der Waals surface area (Å²) in [5.41, 5.74) is 0. The van der Waals surface area contributed by atoms with Crippen LogP contribution in [-0.4, -0.2) is 11.1 Å². The Hall–Kier alpha value is 0.436. The van der Waals surface area contributed by atoms with Crippen molar-refractivity contribution in [1.82, 2.24) is 0 Å². The number of rotatable bonds is 16. The summed E-state index contributed by atoms with van der Waals surface area (Å²) in [6.07, 6.45) is 23.1. The van der Waals surface area contributed by atoms with Crippen LogP contribution >= 0.6 is 8.03 Å². The van der Waals surface area contributed by atoms with Gasteiger partial charge in [-0.2, -0.15) is 0 Å². The van der Waals surface area contributed by atoms with Gasteiger partial charge in [0.05, 0.1) is 0 Å². The molecule has 135 valence electrons. The van der Waals surface area contributed by atoms with Gasteiger partial charge in [0.2, 0.25) is 0 Å². The molecule has 4 heteroatoms. The summed E-state index contributed by atoms with van der Waals surface area (Å²) in [5.74, 6) is 0. The van der Waals surface area contributed by atoms with Crippen LogP contribution in [-0.2, 0) is 21.3 Å². The standard InChI is InChI=1S/C18H37O2P.Co/c1-2-3-4-5-6-7-8-9-10-11-12-13-14-15-16-17-18-21(19)20;/h9-10,21H,2-8,11-18H2,1H3,(H,19,20);/b10-9-;. The SMILES string of the molecule is CCCCCCCC/C=C\CCCCCCCC[PH](=O)O.[Co]. The summed E-state index contributed by atoms with van der Waals surface area (Å²) in [6.45, 7) is 2.26. The molecular weight excluding hydrogens is 338 g/mol. The van der Waals surface area contributed by atoms with Crippen molar-refractivity contribution in [1.29, 1.82) is 0 Å². The van der Waals surface area contributed by atoms with Crippen molar-refractivity contribution in [3.05, 3.63) is 12.2 Å². The van der Waals surface area contributed by atoms with Crippen LogP contribution in [0.2, 0.25) is 0 Å². The minimum atomic E-state index is -2.21. The number of allylic oxidation sites excluding steroid dienone is 2. The smallest absolute Gasteiger partial charge is 0.189 e. The van der Waals surface area contributed by atoms with E-state index in [1.165, 1.54) is 77.0 Å². The Labute approximate surface area is 149 Å². The van der Waals surface area contributed by atoms with Crippen LogP contribution in [0.15, 0.2) is 12.2 Å². The molecule has 0 bridgehead atoms. The molecule has 0 saturated heterocycles. The third-order valence-electron chi connectivity index (χ3n) is 3.90. The molecule has 0 aliphatic carbocycles. The molecule has 1 unspecified atom stereocenters. The molecule has 0 heterocycles. The summed E-state index contributed by atoms with van der Waals surface area (Å²) in [5, 5.41) is 0. The minimum absolute atomic E-state index is 0. The maximum Gasteiger partial charge on any atom is 0.189 e. The molecule has 0 aliphatic rings. The van der Waals surface area contributed by atoms with E-state index < -0.39 is 8.03 Å². The Morgan fingerprint density at radius 1 is 0.727 bits per heavy atom. The van der Waals surface area contributed by atoms with E-state index in [2.05, 4.69) is 19.1 Å². The van der Waals surface area contributed by atoms with Gasteiger partial charge in [-0.05, 0) is 32.1 Å². The van der Waals surface area contributed by atoms with Crippen molar-refractivity contribution in [3.8, 4) is 0 Å². The maximum absolute atomic E-state index is 10.5. The second-order valence-corrected chi connectivity index (χ2v) is 7.37. The second kappa shape index (κ2) is 21.4. The predicted molar refractivity (Wildman–Crippen MR) is 95.5 cm³/mol. The Balaban J connectivity index is 0. The van der Waals surface area contributed by atoms with Gasteiger partial charge >= 0.3 is 0 Å². The van der Waals surface area contributed by atoms with Gasteiger partial charge in [0, 0.05) is 22.9 Å². The van der Waals surface area contributed by atoms with Crippen LogP contribution in [0.25, 0.3) is 0 Å². The van der Waals surface area contributed by atoms with E-state index in [9.17, 15) is 4.57 Å². The van der Waals surface area contributed by atoms with E-state index in [1.54, 1.807) is 0 Å². The minimum Gasteiger partial charge on any atom is -0.346 e. The first-order valence-corrected chi connectivity index (χ1v) is 10.7. The van der Waals surface area contributed by atoms with Gasteiger partial charge in [0.1, 0.15) is 0 Å². The van der Waals surface area contributed by atoms with E-state index in [0.29, 0.717) is 6.16 Å². The molecule has 0 aromatic heterocycles. The van der Waals surface area contributed by atoms with Gasteiger partial charge in [-0.25, -0.2) is 0 Å². The third kappa shape index (κ3) is 22.7. The third-order valence-corrected chi connectivity index (χ3v) is 4.68. The molecule has 0 aromatic rings. The van der Waals surface area contributed by atoms with Crippen molar-refractivity contribution < 1.29 is 26.2 Å². The summed E-state index contributed by atoms with van der Waals surface area (Å²) in [7, 11) is -2.21. The zero-order valence-electron chi connectivity index (χ0n) is 14.5. The van der Waals surface area contributed by atoms with Crippen molar-refractivity contribution in [3.63, 3.8) is 0 Å². The molecule has 0 fully saturated rings. The first kappa shape index (κ1) is 24.7. The van der Waals surface area contributed by atoms with Crippen molar-refractivity contribution >= 4 is 8.03 Å². The number of hydrogen-bond donors (Lipinski definition) is 1. The summed E-state index contributed by atoms with van der Waals surface area (Å²) in [6, 6.07) is 0. The average molecular weight is 375 g/mol. The molecule has 1 atom stereocenters. The fraction of sp³-hybridized carbons (Fsp3) is 0.889. The van der Waals surface area contributed by atoms with Gasteiger partial charge in [-0.1, -0.05) is 76.9 Å². The normalized spacial score (nSPS) is 12.5. The van der Waals surface area contributed by atoms with Crippen molar-refractivity contribution in [2.75, 3.05) is 6.16 Å². The van der Waals surface area contributed by atoms with Gasteiger partial charge in [0.15, 0.2) is 8.03 Å². The van der Waals surface area contributed by atoms with Gasteiger partial charge < -0.3 is 4.89 Å². The van der Waals surface area contributed by atoms with Crippen LogP contribution in [0, 0.1) is 0 Å². The molecule has 0 aliphatic heterocycles. The van der Waals surface area contributed by atoms with Crippen LogP contribution in [0.5, 0.6) is 0 Å². The van der Waals surface area contributed by atoms with Gasteiger partial charge in [0.25, 0.3) is 0 Å². The molecule has 1 radical (unpaired) electrons. The maximum atomic E-state index is 10.5. The fourth-order valence-electron chi connectivity index (χ4n) is 2.52. The van der Waals surface area contributed by atoms with Gasteiger partial charge in [-0.15, -0.1) is 0 Å².